The van der Waals surface area contributed by atoms with Gasteiger partial charge in [-0.25, -0.2) is 18.4 Å². The molecule has 0 radical (unpaired) electrons. The van der Waals surface area contributed by atoms with Crippen molar-refractivity contribution in [3.8, 4) is 11.3 Å². The predicted octanol–water partition coefficient (Wildman–Crippen LogP) is 4.17. The summed E-state index contributed by atoms with van der Waals surface area (Å²) in [7, 11) is -3.30. The van der Waals surface area contributed by atoms with Crippen molar-refractivity contribution in [1.29, 1.82) is 0 Å². The smallest absolute Gasteiger partial charge is 0.229 e. The van der Waals surface area contributed by atoms with Gasteiger partial charge in [-0.05, 0) is 36.2 Å². The molecule has 2 heterocycles. The van der Waals surface area contributed by atoms with Crippen LogP contribution in [-0.2, 0) is 10.0 Å². The minimum atomic E-state index is -3.30. The number of fused-ring (bicyclic) bond motifs is 1. The number of nitrogens with zero attached hydrogens (tertiary/aromatic N) is 2. The van der Waals surface area contributed by atoms with Gasteiger partial charge in [0.1, 0.15) is 17.8 Å². The minimum absolute atomic E-state index is 0.0917. The molecular formula is C21H21N5O2S. The summed E-state index contributed by atoms with van der Waals surface area (Å²) in [6.07, 6.45) is 2.66. The summed E-state index contributed by atoms with van der Waals surface area (Å²) in [6, 6.07) is 19.4. The van der Waals surface area contributed by atoms with Crippen LogP contribution in [0.4, 0.5) is 11.5 Å². The Balaban J connectivity index is 1.62. The Bertz CT molecular complexity index is 1240. The van der Waals surface area contributed by atoms with Gasteiger partial charge in [0.25, 0.3) is 0 Å². The maximum atomic E-state index is 11.4. The van der Waals surface area contributed by atoms with E-state index < -0.39 is 10.0 Å². The van der Waals surface area contributed by atoms with Crippen molar-refractivity contribution in [2.45, 2.75) is 13.0 Å². The summed E-state index contributed by atoms with van der Waals surface area (Å²) in [6.45, 7) is 2.09. The molecule has 0 amide bonds. The largest absolute Gasteiger partial charge is 0.363 e. The minimum Gasteiger partial charge on any atom is -0.363 e. The maximum absolute atomic E-state index is 11.4. The van der Waals surface area contributed by atoms with E-state index in [0.29, 0.717) is 5.69 Å². The van der Waals surface area contributed by atoms with Crippen molar-refractivity contribution >= 4 is 32.6 Å². The van der Waals surface area contributed by atoms with E-state index in [1.165, 1.54) is 11.9 Å². The van der Waals surface area contributed by atoms with Crippen LogP contribution in [0, 0.1) is 0 Å². The standard InChI is InChI=1S/C21H21N5O2S/c1-14(15-6-4-3-5-7-15)24-20-18-12-19(25-21(18)23-13-22-20)16-8-10-17(11-9-16)26-29(2,27)28/h3-14,26H,1-2H3,(H2,22,23,24,25)/t14-/m1/s1. The number of anilines is 2. The molecule has 0 aliphatic heterocycles. The number of nitrogens with one attached hydrogen (secondary N) is 3. The average Bonchev–Trinajstić information content (AvgIpc) is 3.13. The fourth-order valence-corrected chi connectivity index (χ4v) is 3.74. The highest BCUT2D eigenvalue weighted by molar-refractivity contribution is 7.92. The third kappa shape index (κ3) is 4.38. The number of sulfonamides is 1. The number of H-pyrrole nitrogens is 1. The summed E-state index contributed by atoms with van der Waals surface area (Å²) >= 11 is 0. The second-order valence-electron chi connectivity index (χ2n) is 6.90. The Morgan fingerprint density at radius 3 is 2.41 bits per heavy atom. The lowest BCUT2D eigenvalue weighted by Crippen LogP contribution is -2.09. The molecule has 7 nitrogen and oxygen atoms in total. The molecule has 0 saturated carbocycles. The zero-order valence-electron chi connectivity index (χ0n) is 16.0. The van der Waals surface area contributed by atoms with Gasteiger partial charge in [-0.2, -0.15) is 0 Å². The molecule has 0 unspecified atom stereocenters. The van der Waals surface area contributed by atoms with Crippen molar-refractivity contribution in [3.63, 3.8) is 0 Å². The Kier molecular flexibility index (Phi) is 4.94. The van der Waals surface area contributed by atoms with Gasteiger partial charge in [0.05, 0.1) is 11.6 Å². The molecule has 4 aromatic rings. The van der Waals surface area contributed by atoms with Crippen LogP contribution < -0.4 is 10.0 Å². The van der Waals surface area contributed by atoms with E-state index in [9.17, 15) is 8.42 Å². The lowest BCUT2D eigenvalue weighted by atomic mass is 10.1. The summed E-state index contributed by atoms with van der Waals surface area (Å²) in [5, 5.41) is 4.35. The van der Waals surface area contributed by atoms with Crippen LogP contribution in [0.2, 0.25) is 0 Å². The molecule has 2 aromatic carbocycles. The molecule has 1 atom stereocenters. The number of aromatic amines is 1. The van der Waals surface area contributed by atoms with E-state index in [-0.39, 0.29) is 6.04 Å². The molecule has 0 saturated heterocycles. The fourth-order valence-electron chi connectivity index (χ4n) is 3.17. The summed E-state index contributed by atoms with van der Waals surface area (Å²) in [4.78, 5) is 12.1. The highest BCUT2D eigenvalue weighted by Gasteiger charge is 2.12. The predicted molar refractivity (Wildman–Crippen MR) is 116 cm³/mol. The van der Waals surface area contributed by atoms with Crippen LogP contribution >= 0.6 is 0 Å². The first-order valence-electron chi connectivity index (χ1n) is 9.12. The third-order valence-corrected chi connectivity index (χ3v) is 5.18. The van der Waals surface area contributed by atoms with Crippen molar-refractivity contribution < 1.29 is 8.42 Å². The van der Waals surface area contributed by atoms with Gasteiger partial charge >= 0.3 is 0 Å². The van der Waals surface area contributed by atoms with Gasteiger partial charge in [-0.3, -0.25) is 4.72 Å². The highest BCUT2D eigenvalue weighted by atomic mass is 32.2. The first-order chi connectivity index (χ1) is 13.9. The number of benzene rings is 2. The Morgan fingerprint density at radius 1 is 1.00 bits per heavy atom. The quantitative estimate of drug-likeness (QED) is 0.445. The Labute approximate surface area is 169 Å². The average molecular weight is 407 g/mol. The SMILES string of the molecule is C[C@@H](Nc1ncnc2[nH]c(-c3ccc(NS(C)(=O)=O)cc3)cc12)c1ccccc1. The number of hydrogen-bond donors (Lipinski definition) is 3. The van der Waals surface area contributed by atoms with Gasteiger partial charge in [0, 0.05) is 17.4 Å². The fraction of sp³-hybridized carbons (Fsp3) is 0.143. The normalized spacial score (nSPS) is 12.6. The monoisotopic (exact) mass is 407 g/mol. The van der Waals surface area contributed by atoms with Crippen LogP contribution in [0.1, 0.15) is 18.5 Å². The summed E-state index contributed by atoms with van der Waals surface area (Å²) < 4.78 is 25.2. The maximum Gasteiger partial charge on any atom is 0.229 e. The zero-order chi connectivity index (χ0) is 20.4. The van der Waals surface area contributed by atoms with Gasteiger partial charge in [0.2, 0.25) is 10.0 Å². The molecule has 3 N–H and O–H groups in total. The van der Waals surface area contributed by atoms with E-state index in [2.05, 4.69) is 44.0 Å². The summed E-state index contributed by atoms with van der Waals surface area (Å²) in [5.41, 5.74) is 4.22. The molecule has 0 fully saturated rings. The van der Waals surface area contributed by atoms with Gasteiger partial charge < -0.3 is 10.3 Å². The van der Waals surface area contributed by atoms with Gasteiger partial charge in [0.15, 0.2) is 0 Å². The number of rotatable bonds is 6. The number of aromatic nitrogens is 3. The van der Waals surface area contributed by atoms with E-state index in [1.807, 2.05) is 36.4 Å². The van der Waals surface area contributed by atoms with E-state index in [0.717, 1.165) is 34.4 Å². The van der Waals surface area contributed by atoms with Crippen molar-refractivity contribution in [3.05, 3.63) is 72.6 Å². The molecule has 0 spiro atoms. The number of hydrogen-bond acceptors (Lipinski definition) is 5. The van der Waals surface area contributed by atoms with Crippen LogP contribution in [0.5, 0.6) is 0 Å². The first-order valence-corrected chi connectivity index (χ1v) is 11.0. The van der Waals surface area contributed by atoms with Crippen molar-refractivity contribution in [2.75, 3.05) is 16.3 Å². The molecule has 0 aliphatic carbocycles. The van der Waals surface area contributed by atoms with Crippen LogP contribution in [0.15, 0.2) is 67.0 Å². The topological polar surface area (TPSA) is 99.8 Å². The van der Waals surface area contributed by atoms with Crippen LogP contribution in [0.3, 0.4) is 0 Å². The molecule has 8 heteroatoms. The van der Waals surface area contributed by atoms with Gasteiger partial charge in [-0.15, -0.1) is 0 Å². The Morgan fingerprint density at radius 2 is 1.72 bits per heavy atom. The molecule has 4 rings (SSSR count). The molecule has 148 valence electrons. The molecule has 2 aromatic heterocycles. The summed E-state index contributed by atoms with van der Waals surface area (Å²) in [5.74, 6) is 0.754. The second kappa shape index (κ2) is 7.56. The lowest BCUT2D eigenvalue weighted by molar-refractivity contribution is 0.607. The van der Waals surface area contributed by atoms with E-state index >= 15 is 0 Å². The highest BCUT2D eigenvalue weighted by Crippen LogP contribution is 2.29. The van der Waals surface area contributed by atoms with Crippen molar-refractivity contribution in [1.82, 2.24) is 15.0 Å². The van der Waals surface area contributed by atoms with E-state index in [1.54, 1.807) is 12.1 Å². The Hall–Kier alpha value is -3.39. The third-order valence-electron chi connectivity index (χ3n) is 4.58. The van der Waals surface area contributed by atoms with Crippen LogP contribution in [-0.4, -0.2) is 29.6 Å². The van der Waals surface area contributed by atoms with Crippen LogP contribution in [0.25, 0.3) is 22.3 Å². The van der Waals surface area contributed by atoms with Crippen molar-refractivity contribution in [2.24, 2.45) is 0 Å². The lowest BCUT2D eigenvalue weighted by Gasteiger charge is -2.15. The molecule has 0 aliphatic rings. The van der Waals surface area contributed by atoms with E-state index in [4.69, 9.17) is 0 Å². The molecule has 0 bridgehead atoms. The first kappa shape index (κ1) is 18.9. The molecule has 29 heavy (non-hydrogen) atoms. The van der Waals surface area contributed by atoms with Gasteiger partial charge in [-0.1, -0.05) is 42.5 Å². The second-order valence-corrected chi connectivity index (χ2v) is 8.64. The molecular weight excluding hydrogens is 386 g/mol. The zero-order valence-corrected chi connectivity index (χ0v) is 16.9.